The topological polar surface area (TPSA) is 15.3 Å². The van der Waals surface area contributed by atoms with E-state index < -0.39 is 0 Å². The maximum absolute atomic E-state index is 3.72. The predicted molar refractivity (Wildman–Crippen MR) is 76.7 cm³/mol. The van der Waals surface area contributed by atoms with Crippen LogP contribution in [0.4, 0.5) is 0 Å². The van der Waals surface area contributed by atoms with Crippen LogP contribution in [-0.4, -0.2) is 36.6 Å². The molecular formula is C16H30N2. The second-order valence-corrected chi connectivity index (χ2v) is 7.17. The van der Waals surface area contributed by atoms with Gasteiger partial charge in [-0.15, -0.1) is 0 Å². The van der Waals surface area contributed by atoms with Crippen LogP contribution in [0.3, 0.4) is 0 Å². The highest BCUT2D eigenvalue weighted by atomic mass is 15.2. The molecule has 2 aliphatic carbocycles. The molecule has 0 bridgehead atoms. The van der Waals surface area contributed by atoms with Crippen molar-refractivity contribution >= 4 is 0 Å². The molecule has 18 heavy (non-hydrogen) atoms. The lowest BCUT2D eigenvalue weighted by atomic mass is 9.77. The molecule has 4 unspecified atom stereocenters. The van der Waals surface area contributed by atoms with Crippen molar-refractivity contribution in [2.24, 2.45) is 17.8 Å². The van der Waals surface area contributed by atoms with Gasteiger partial charge in [0, 0.05) is 18.6 Å². The minimum atomic E-state index is 0.882. The van der Waals surface area contributed by atoms with E-state index in [2.05, 4.69) is 24.1 Å². The van der Waals surface area contributed by atoms with Gasteiger partial charge in [0.2, 0.25) is 0 Å². The summed E-state index contributed by atoms with van der Waals surface area (Å²) in [6, 6.07) is 1.77. The van der Waals surface area contributed by atoms with Crippen molar-refractivity contribution < 1.29 is 0 Å². The average Bonchev–Trinajstić information content (AvgIpc) is 3.08. The molecule has 3 fully saturated rings. The molecule has 3 aliphatic rings. The largest absolute Gasteiger partial charge is 0.314 e. The van der Waals surface area contributed by atoms with Crippen molar-refractivity contribution in [1.82, 2.24) is 10.2 Å². The summed E-state index contributed by atoms with van der Waals surface area (Å²) in [7, 11) is 0. The second kappa shape index (κ2) is 5.50. The van der Waals surface area contributed by atoms with Crippen LogP contribution in [0.5, 0.6) is 0 Å². The maximum atomic E-state index is 3.72. The Bertz CT molecular complexity index is 274. The van der Waals surface area contributed by atoms with Gasteiger partial charge in [-0.25, -0.2) is 0 Å². The molecule has 0 amide bonds. The van der Waals surface area contributed by atoms with Crippen LogP contribution >= 0.6 is 0 Å². The smallest absolute Gasteiger partial charge is 0.0123 e. The molecule has 4 atom stereocenters. The van der Waals surface area contributed by atoms with Crippen LogP contribution in [0.2, 0.25) is 0 Å². The van der Waals surface area contributed by atoms with E-state index in [-0.39, 0.29) is 0 Å². The van der Waals surface area contributed by atoms with Gasteiger partial charge >= 0.3 is 0 Å². The highest BCUT2D eigenvalue weighted by molar-refractivity contribution is 4.90. The van der Waals surface area contributed by atoms with Crippen molar-refractivity contribution in [2.45, 2.75) is 64.5 Å². The molecule has 1 saturated heterocycles. The normalized spacial score (nSPS) is 42.3. The molecule has 2 saturated carbocycles. The quantitative estimate of drug-likeness (QED) is 0.825. The van der Waals surface area contributed by atoms with Gasteiger partial charge in [0.1, 0.15) is 0 Å². The molecule has 1 heterocycles. The third-order valence-corrected chi connectivity index (χ3v) is 5.72. The molecule has 1 N–H and O–H groups in total. The van der Waals surface area contributed by atoms with Crippen molar-refractivity contribution in [3.05, 3.63) is 0 Å². The molecule has 2 heteroatoms. The maximum Gasteiger partial charge on any atom is 0.0123 e. The van der Waals surface area contributed by atoms with E-state index in [1.54, 1.807) is 0 Å². The fourth-order valence-electron chi connectivity index (χ4n) is 4.02. The van der Waals surface area contributed by atoms with E-state index in [0.717, 1.165) is 29.8 Å². The Morgan fingerprint density at radius 1 is 1.06 bits per heavy atom. The summed E-state index contributed by atoms with van der Waals surface area (Å²) in [5.41, 5.74) is 0. The summed E-state index contributed by atoms with van der Waals surface area (Å²) in [6.07, 6.45) is 8.64. The minimum absolute atomic E-state index is 0.882. The molecule has 104 valence electrons. The number of likely N-dealkylation sites (tertiary alicyclic amines) is 1. The lowest BCUT2D eigenvalue weighted by Crippen LogP contribution is -2.43. The molecule has 0 aromatic carbocycles. The fourth-order valence-corrected chi connectivity index (χ4v) is 4.02. The molecule has 2 nitrogen and oxygen atoms in total. The summed E-state index contributed by atoms with van der Waals surface area (Å²) in [4.78, 5) is 2.82. The third-order valence-electron chi connectivity index (χ3n) is 5.72. The van der Waals surface area contributed by atoms with Crippen molar-refractivity contribution in [3.63, 3.8) is 0 Å². The van der Waals surface area contributed by atoms with Crippen LogP contribution in [0.25, 0.3) is 0 Å². The van der Waals surface area contributed by atoms with Gasteiger partial charge in [0.05, 0.1) is 0 Å². The first-order valence-electron chi connectivity index (χ1n) is 8.21. The van der Waals surface area contributed by atoms with E-state index in [0.29, 0.717) is 0 Å². The van der Waals surface area contributed by atoms with Crippen molar-refractivity contribution in [1.29, 1.82) is 0 Å². The fraction of sp³-hybridized carbons (Fsp3) is 1.00. The van der Waals surface area contributed by atoms with Gasteiger partial charge in [-0.1, -0.05) is 26.7 Å². The molecule has 0 aromatic rings. The van der Waals surface area contributed by atoms with Crippen molar-refractivity contribution in [2.75, 3.05) is 19.6 Å². The predicted octanol–water partition coefficient (Wildman–Crippen LogP) is 2.89. The van der Waals surface area contributed by atoms with Gasteiger partial charge < -0.3 is 5.32 Å². The number of rotatable bonds is 4. The van der Waals surface area contributed by atoms with Gasteiger partial charge in [0.25, 0.3) is 0 Å². The molecule has 1 aliphatic heterocycles. The lowest BCUT2D eigenvalue weighted by molar-refractivity contribution is 0.0981. The number of hydrogen-bond donors (Lipinski definition) is 1. The van der Waals surface area contributed by atoms with E-state index in [4.69, 9.17) is 0 Å². The highest BCUT2D eigenvalue weighted by Crippen LogP contribution is 2.35. The van der Waals surface area contributed by atoms with E-state index in [1.165, 1.54) is 58.2 Å². The molecule has 0 spiro atoms. The second-order valence-electron chi connectivity index (χ2n) is 7.17. The SMILES string of the molecule is CC1CCCC(N2CCC(CNC3CC3)C2)C1C. The number of nitrogens with one attached hydrogen (secondary N) is 1. The Kier molecular flexibility index (Phi) is 3.95. The summed E-state index contributed by atoms with van der Waals surface area (Å²) >= 11 is 0. The highest BCUT2D eigenvalue weighted by Gasteiger charge is 2.35. The standard InChI is InChI=1S/C16H30N2/c1-12-4-3-5-16(13(12)2)18-9-8-14(11-18)10-17-15-6-7-15/h12-17H,3-11H2,1-2H3. The molecule has 3 rings (SSSR count). The summed E-state index contributed by atoms with van der Waals surface area (Å²) in [5, 5.41) is 3.72. The Morgan fingerprint density at radius 2 is 1.89 bits per heavy atom. The molecule has 0 aromatic heterocycles. The van der Waals surface area contributed by atoms with Gasteiger partial charge in [-0.05, 0) is 56.5 Å². The van der Waals surface area contributed by atoms with Crippen LogP contribution < -0.4 is 5.32 Å². The first-order valence-corrected chi connectivity index (χ1v) is 8.21. The monoisotopic (exact) mass is 250 g/mol. The molecule has 0 radical (unpaired) electrons. The summed E-state index contributed by atoms with van der Waals surface area (Å²) in [5.74, 6) is 2.77. The Hall–Kier alpha value is -0.0800. The van der Waals surface area contributed by atoms with Crippen LogP contribution in [0, 0.1) is 17.8 Å². The zero-order valence-corrected chi connectivity index (χ0v) is 12.2. The minimum Gasteiger partial charge on any atom is -0.314 e. The number of nitrogens with zero attached hydrogens (tertiary/aromatic N) is 1. The van der Waals surface area contributed by atoms with E-state index in [1.807, 2.05) is 0 Å². The van der Waals surface area contributed by atoms with Crippen molar-refractivity contribution in [3.8, 4) is 0 Å². The first kappa shape index (κ1) is 12.9. The van der Waals surface area contributed by atoms with E-state index in [9.17, 15) is 0 Å². The zero-order chi connectivity index (χ0) is 12.5. The van der Waals surface area contributed by atoms with Crippen LogP contribution in [0.1, 0.15) is 52.4 Å². The van der Waals surface area contributed by atoms with Crippen LogP contribution in [-0.2, 0) is 0 Å². The zero-order valence-electron chi connectivity index (χ0n) is 12.2. The number of hydrogen-bond acceptors (Lipinski definition) is 2. The summed E-state index contributed by atoms with van der Waals surface area (Å²) in [6.45, 7) is 8.95. The Morgan fingerprint density at radius 3 is 2.67 bits per heavy atom. The van der Waals surface area contributed by atoms with E-state index >= 15 is 0 Å². The Labute approximate surface area is 113 Å². The average molecular weight is 250 g/mol. The third kappa shape index (κ3) is 2.91. The van der Waals surface area contributed by atoms with Crippen LogP contribution in [0.15, 0.2) is 0 Å². The van der Waals surface area contributed by atoms with Gasteiger partial charge in [-0.2, -0.15) is 0 Å². The first-order chi connectivity index (χ1) is 8.74. The lowest BCUT2D eigenvalue weighted by Gasteiger charge is -2.40. The van der Waals surface area contributed by atoms with Gasteiger partial charge in [0.15, 0.2) is 0 Å². The van der Waals surface area contributed by atoms with Gasteiger partial charge in [-0.3, -0.25) is 4.90 Å². The Balaban J connectivity index is 1.47. The summed E-state index contributed by atoms with van der Waals surface area (Å²) < 4.78 is 0. The molecular weight excluding hydrogens is 220 g/mol.